The smallest absolute Gasteiger partial charge is 0.244 e. The molecule has 0 fully saturated rings. The van der Waals surface area contributed by atoms with Gasteiger partial charge in [-0.05, 0) is 19.9 Å². The van der Waals surface area contributed by atoms with Gasteiger partial charge in [-0.3, -0.25) is 0 Å². The second-order valence-corrected chi connectivity index (χ2v) is 6.76. The summed E-state index contributed by atoms with van der Waals surface area (Å²) in [7, 11) is -0.603. The number of halogens is 1. The van der Waals surface area contributed by atoms with Gasteiger partial charge >= 0.3 is 0 Å². The molecule has 1 aromatic heterocycles. The highest BCUT2D eigenvalue weighted by Gasteiger charge is 2.26. The van der Waals surface area contributed by atoms with E-state index in [9.17, 15) is 8.42 Å². The molecule has 114 valence electrons. The molecular formula is C12H20ClN3O3S. The predicted molar refractivity (Wildman–Crippen MR) is 79.7 cm³/mol. The van der Waals surface area contributed by atoms with Crippen molar-refractivity contribution in [3.63, 3.8) is 0 Å². The summed E-state index contributed by atoms with van der Waals surface area (Å²) in [4.78, 5) is 4.11. The molecule has 0 radical (unpaired) electrons. The summed E-state index contributed by atoms with van der Waals surface area (Å²) in [6, 6.07) is 1.12. The van der Waals surface area contributed by atoms with Gasteiger partial charge in [0.1, 0.15) is 10.7 Å². The van der Waals surface area contributed by atoms with Crippen LogP contribution in [0.2, 0.25) is 5.02 Å². The van der Waals surface area contributed by atoms with Crippen molar-refractivity contribution < 1.29 is 13.2 Å². The molecule has 0 aliphatic heterocycles. The largest absolute Gasteiger partial charge is 0.383 e. The van der Waals surface area contributed by atoms with Crippen LogP contribution in [0.4, 0.5) is 5.82 Å². The van der Waals surface area contributed by atoms with Gasteiger partial charge in [0.25, 0.3) is 0 Å². The van der Waals surface area contributed by atoms with Crippen LogP contribution in [0, 0.1) is 0 Å². The Balaban J connectivity index is 3.07. The lowest BCUT2D eigenvalue weighted by Crippen LogP contribution is -2.37. The summed E-state index contributed by atoms with van der Waals surface area (Å²) in [5.74, 6) is 0.473. The first-order valence-corrected chi connectivity index (χ1v) is 8.02. The van der Waals surface area contributed by atoms with Gasteiger partial charge in [0.2, 0.25) is 10.0 Å². The first-order chi connectivity index (χ1) is 9.34. The highest BCUT2D eigenvalue weighted by atomic mass is 35.5. The van der Waals surface area contributed by atoms with Crippen LogP contribution >= 0.6 is 11.6 Å². The maximum Gasteiger partial charge on any atom is 0.244 e. The molecule has 20 heavy (non-hydrogen) atoms. The van der Waals surface area contributed by atoms with Crippen LogP contribution in [-0.4, -0.2) is 51.1 Å². The Morgan fingerprint density at radius 1 is 1.55 bits per heavy atom. The second-order valence-electron chi connectivity index (χ2n) is 4.36. The first kappa shape index (κ1) is 17.2. The highest BCUT2D eigenvalue weighted by molar-refractivity contribution is 7.89. The number of rotatable bonds is 7. The zero-order valence-corrected chi connectivity index (χ0v) is 13.6. The summed E-state index contributed by atoms with van der Waals surface area (Å²) >= 11 is 6.03. The number of nitrogens with zero attached hydrogens (tertiary/aromatic N) is 2. The Bertz CT molecular complexity index is 551. The van der Waals surface area contributed by atoms with Crippen LogP contribution in [0.25, 0.3) is 0 Å². The standard InChI is InChI=1S/C12H20ClN3O3S/c1-5-14-12-11(13)6-10(7-15-12)20(17,18)16(3)9(2)8-19-4/h6-7,9H,5,8H2,1-4H3,(H,14,15). The predicted octanol–water partition coefficient (Wildman–Crippen LogP) is 1.82. The van der Waals surface area contributed by atoms with E-state index in [0.717, 1.165) is 0 Å². The normalized spacial score (nSPS) is 13.5. The molecular weight excluding hydrogens is 302 g/mol. The minimum atomic E-state index is -3.64. The molecule has 0 aliphatic rings. The molecule has 1 atom stereocenters. The lowest BCUT2D eigenvalue weighted by Gasteiger charge is -2.23. The number of methoxy groups -OCH3 is 1. The minimum absolute atomic E-state index is 0.0645. The Morgan fingerprint density at radius 2 is 2.20 bits per heavy atom. The van der Waals surface area contributed by atoms with E-state index in [-0.39, 0.29) is 16.0 Å². The maximum atomic E-state index is 12.4. The molecule has 0 amide bonds. The number of likely N-dealkylation sites (N-methyl/N-ethyl adjacent to an activating group) is 1. The fourth-order valence-electron chi connectivity index (χ4n) is 1.61. The van der Waals surface area contributed by atoms with E-state index in [1.807, 2.05) is 6.92 Å². The number of hydrogen-bond donors (Lipinski definition) is 1. The van der Waals surface area contributed by atoms with Crippen molar-refractivity contribution in [1.82, 2.24) is 9.29 Å². The van der Waals surface area contributed by atoms with Crippen LogP contribution in [0.1, 0.15) is 13.8 Å². The molecule has 0 saturated heterocycles. The summed E-state index contributed by atoms with van der Waals surface area (Å²) in [6.45, 7) is 4.64. The fourth-order valence-corrected chi connectivity index (χ4v) is 3.23. The van der Waals surface area contributed by atoms with E-state index in [1.165, 1.54) is 30.7 Å². The lowest BCUT2D eigenvalue weighted by molar-refractivity contribution is 0.149. The monoisotopic (exact) mass is 321 g/mol. The van der Waals surface area contributed by atoms with Gasteiger partial charge in [0, 0.05) is 32.9 Å². The third-order valence-corrected chi connectivity index (χ3v) is 5.09. The molecule has 0 spiro atoms. The summed E-state index contributed by atoms with van der Waals surface area (Å²) in [6.07, 6.45) is 1.30. The second kappa shape index (κ2) is 7.21. The zero-order chi connectivity index (χ0) is 15.3. The number of sulfonamides is 1. The molecule has 0 saturated carbocycles. The third-order valence-electron chi connectivity index (χ3n) is 2.87. The first-order valence-electron chi connectivity index (χ1n) is 6.21. The van der Waals surface area contributed by atoms with Crippen molar-refractivity contribution in [2.75, 3.05) is 32.6 Å². The number of ether oxygens (including phenoxy) is 1. The molecule has 8 heteroatoms. The molecule has 1 aromatic rings. The van der Waals surface area contributed by atoms with Gasteiger partial charge in [0.05, 0.1) is 11.6 Å². The van der Waals surface area contributed by atoms with Crippen molar-refractivity contribution in [3.05, 3.63) is 17.3 Å². The molecule has 1 unspecified atom stereocenters. The topological polar surface area (TPSA) is 71.5 Å². The van der Waals surface area contributed by atoms with Crippen molar-refractivity contribution in [1.29, 1.82) is 0 Å². The van der Waals surface area contributed by atoms with Crippen LogP contribution in [0.15, 0.2) is 17.2 Å². The van der Waals surface area contributed by atoms with Gasteiger partial charge in [-0.1, -0.05) is 11.6 Å². The minimum Gasteiger partial charge on any atom is -0.383 e. The maximum absolute atomic E-state index is 12.4. The van der Waals surface area contributed by atoms with E-state index in [4.69, 9.17) is 16.3 Å². The lowest BCUT2D eigenvalue weighted by atomic mass is 10.4. The quantitative estimate of drug-likeness (QED) is 0.829. The molecule has 6 nitrogen and oxygen atoms in total. The number of pyridine rings is 1. The van der Waals surface area contributed by atoms with Gasteiger partial charge in [-0.2, -0.15) is 4.31 Å². The van der Waals surface area contributed by atoms with Gasteiger partial charge in [0.15, 0.2) is 0 Å². The van der Waals surface area contributed by atoms with Crippen molar-refractivity contribution in [2.45, 2.75) is 24.8 Å². The summed E-state index contributed by atoms with van der Waals surface area (Å²) in [5.41, 5.74) is 0. The van der Waals surface area contributed by atoms with Crippen LogP contribution in [0.3, 0.4) is 0 Å². The Labute approximate surface area is 125 Å². The Kier molecular flexibility index (Phi) is 6.19. The average molecular weight is 322 g/mol. The molecule has 1 heterocycles. The fraction of sp³-hybridized carbons (Fsp3) is 0.583. The number of hydrogen-bond acceptors (Lipinski definition) is 5. The number of anilines is 1. The van der Waals surface area contributed by atoms with E-state index >= 15 is 0 Å². The third kappa shape index (κ3) is 3.82. The zero-order valence-electron chi connectivity index (χ0n) is 12.1. The summed E-state index contributed by atoms with van der Waals surface area (Å²) in [5, 5.41) is 3.23. The molecule has 0 bridgehead atoms. The van der Waals surface area contributed by atoms with E-state index in [1.54, 1.807) is 6.92 Å². The molecule has 1 rings (SSSR count). The van der Waals surface area contributed by atoms with E-state index in [2.05, 4.69) is 10.3 Å². The van der Waals surface area contributed by atoms with Crippen LogP contribution in [-0.2, 0) is 14.8 Å². The van der Waals surface area contributed by atoms with Gasteiger partial charge in [-0.15, -0.1) is 0 Å². The van der Waals surface area contributed by atoms with Gasteiger partial charge < -0.3 is 10.1 Å². The van der Waals surface area contributed by atoms with Crippen LogP contribution < -0.4 is 5.32 Å². The average Bonchev–Trinajstić information content (AvgIpc) is 2.40. The van der Waals surface area contributed by atoms with Crippen molar-refractivity contribution in [2.24, 2.45) is 0 Å². The van der Waals surface area contributed by atoms with E-state index in [0.29, 0.717) is 19.0 Å². The van der Waals surface area contributed by atoms with E-state index < -0.39 is 10.0 Å². The molecule has 1 N–H and O–H groups in total. The SMILES string of the molecule is CCNc1ncc(S(=O)(=O)N(C)C(C)COC)cc1Cl. The Morgan fingerprint density at radius 3 is 2.70 bits per heavy atom. The van der Waals surface area contributed by atoms with Crippen molar-refractivity contribution in [3.8, 4) is 0 Å². The number of aromatic nitrogens is 1. The van der Waals surface area contributed by atoms with Crippen molar-refractivity contribution >= 4 is 27.4 Å². The number of nitrogens with one attached hydrogen (secondary N) is 1. The molecule has 0 aromatic carbocycles. The van der Waals surface area contributed by atoms with Crippen LogP contribution in [0.5, 0.6) is 0 Å². The Hall–Kier alpha value is -0.890. The molecule has 0 aliphatic carbocycles. The summed E-state index contributed by atoms with van der Waals surface area (Å²) < 4.78 is 31.1. The van der Waals surface area contributed by atoms with Gasteiger partial charge in [-0.25, -0.2) is 13.4 Å². The highest BCUT2D eigenvalue weighted by Crippen LogP contribution is 2.24.